The van der Waals surface area contributed by atoms with E-state index in [4.69, 9.17) is 5.11 Å². The van der Waals surface area contributed by atoms with Gasteiger partial charge in [0.15, 0.2) is 5.82 Å². The fraction of sp³-hybridized carbons (Fsp3) is 0.300. The van der Waals surface area contributed by atoms with Gasteiger partial charge in [-0.15, -0.1) is 10.2 Å². The number of aromatic nitrogens is 5. The molecule has 0 fully saturated rings. The highest BCUT2D eigenvalue weighted by Gasteiger charge is 2.17. The summed E-state index contributed by atoms with van der Waals surface area (Å²) in [5.74, 6) is -0.830. The Morgan fingerprint density at radius 2 is 2.20 bits per heavy atom. The van der Waals surface area contributed by atoms with Crippen LogP contribution in [0.4, 0.5) is 10.5 Å². The van der Waals surface area contributed by atoms with Crippen LogP contribution in [0.2, 0.25) is 0 Å². The van der Waals surface area contributed by atoms with E-state index in [-0.39, 0.29) is 11.4 Å². The van der Waals surface area contributed by atoms with Crippen molar-refractivity contribution in [3.63, 3.8) is 0 Å². The summed E-state index contributed by atoms with van der Waals surface area (Å²) in [5, 5.41) is 27.1. The van der Waals surface area contributed by atoms with Crippen LogP contribution in [0.15, 0.2) is 6.07 Å². The zero-order valence-corrected chi connectivity index (χ0v) is 10.8. The van der Waals surface area contributed by atoms with E-state index >= 15 is 0 Å². The van der Waals surface area contributed by atoms with Crippen molar-refractivity contribution in [2.24, 2.45) is 0 Å². The molecular weight excluding hydrogens is 266 g/mol. The van der Waals surface area contributed by atoms with Gasteiger partial charge in [0.25, 0.3) is 0 Å². The number of amides is 2. The van der Waals surface area contributed by atoms with Crippen LogP contribution in [0.5, 0.6) is 0 Å². The quantitative estimate of drug-likeness (QED) is 0.547. The SMILES string of the molecule is Cc1cc(NC(=O)NC(C)c2nn[nH]n2)c(C(=O)O)[nH]1. The van der Waals surface area contributed by atoms with Crippen molar-refractivity contribution in [1.29, 1.82) is 0 Å². The molecule has 5 N–H and O–H groups in total. The van der Waals surface area contributed by atoms with Gasteiger partial charge in [-0.25, -0.2) is 9.59 Å². The average molecular weight is 279 g/mol. The van der Waals surface area contributed by atoms with Gasteiger partial charge in [0.1, 0.15) is 5.69 Å². The second kappa shape index (κ2) is 5.38. The molecule has 2 amide bonds. The van der Waals surface area contributed by atoms with Gasteiger partial charge in [-0.05, 0) is 19.9 Å². The average Bonchev–Trinajstić information content (AvgIpc) is 2.98. The number of aryl methyl sites for hydroxylation is 1. The Balaban J connectivity index is 2.03. The summed E-state index contributed by atoms with van der Waals surface area (Å²) in [4.78, 5) is 25.4. The maximum Gasteiger partial charge on any atom is 0.354 e. The van der Waals surface area contributed by atoms with E-state index in [9.17, 15) is 9.59 Å². The van der Waals surface area contributed by atoms with Gasteiger partial charge in [0.2, 0.25) is 0 Å². The fourth-order valence-corrected chi connectivity index (χ4v) is 1.63. The Hall–Kier alpha value is -2.91. The summed E-state index contributed by atoms with van der Waals surface area (Å²) in [6.07, 6.45) is 0. The Labute approximate surface area is 113 Å². The predicted octanol–water partition coefficient (Wildman–Crippen LogP) is 0.417. The second-order valence-electron chi connectivity index (χ2n) is 4.14. The number of nitrogens with zero attached hydrogens (tertiary/aromatic N) is 3. The standard InChI is InChI=1S/C10H13N7O3/c1-4-3-6(7(11-4)9(18)19)13-10(20)12-5(2)8-14-16-17-15-8/h3,5,11H,1-2H3,(H,18,19)(H2,12,13,20)(H,14,15,16,17). The predicted molar refractivity (Wildman–Crippen MR) is 67.2 cm³/mol. The first kappa shape index (κ1) is 13.5. The van der Waals surface area contributed by atoms with Crippen molar-refractivity contribution < 1.29 is 14.7 Å². The molecule has 0 bridgehead atoms. The van der Waals surface area contributed by atoms with E-state index in [0.29, 0.717) is 11.5 Å². The molecule has 10 nitrogen and oxygen atoms in total. The van der Waals surface area contributed by atoms with Crippen molar-refractivity contribution in [3.05, 3.63) is 23.3 Å². The molecule has 0 radical (unpaired) electrons. The van der Waals surface area contributed by atoms with E-state index in [1.807, 2.05) is 0 Å². The fourth-order valence-electron chi connectivity index (χ4n) is 1.63. The third-order valence-corrected chi connectivity index (χ3v) is 2.51. The first-order chi connectivity index (χ1) is 9.47. The lowest BCUT2D eigenvalue weighted by atomic mass is 10.3. The van der Waals surface area contributed by atoms with Gasteiger partial charge in [-0.1, -0.05) is 5.21 Å². The minimum absolute atomic E-state index is 0.0788. The molecule has 0 aliphatic rings. The van der Waals surface area contributed by atoms with Crippen LogP contribution < -0.4 is 10.6 Å². The Bertz CT molecular complexity index is 619. The number of aromatic amines is 2. The topological polar surface area (TPSA) is 149 Å². The number of hydrogen-bond acceptors (Lipinski definition) is 5. The smallest absolute Gasteiger partial charge is 0.354 e. The molecule has 2 rings (SSSR count). The van der Waals surface area contributed by atoms with Crippen molar-refractivity contribution >= 4 is 17.7 Å². The van der Waals surface area contributed by atoms with Gasteiger partial charge in [-0.3, -0.25) is 0 Å². The van der Waals surface area contributed by atoms with Crippen LogP contribution in [0.1, 0.15) is 35.0 Å². The molecule has 0 aliphatic heterocycles. The molecule has 0 saturated carbocycles. The monoisotopic (exact) mass is 279 g/mol. The van der Waals surface area contributed by atoms with Crippen molar-refractivity contribution in [3.8, 4) is 0 Å². The molecule has 0 saturated heterocycles. The molecule has 0 spiro atoms. The van der Waals surface area contributed by atoms with Crippen molar-refractivity contribution in [2.75, 3.05) is 5.32 Å². The Morgan fingerprint density at radius 1 is 1.45 bits per heavy atom. The Kier molecular flexibility index (Phi) is 3.64. The van der Waals surface area contributed by atoms with Gasteiger partial charge < -0.3 is 20.7 Å². The summed E-state index contributed by atoms with van der Waals surface area (Å²) in [6, 6.07) is 0.494. The minimum atomic E-state index is -1.15. The van der Waals surface area contributed by atoms with Gasteiger partial charge >= 0.3 is 12.0 Å². The van der Waals surface area contributed by atoms with Crippen LogP contribution in [-0.2, 0) is 0 Å². The number of H-pyrrole nitrogens is 2. The van der Waals surface area contributed by atoms with Crippen molar-refractivity contribution in [2.45, 2.75) is 19.9 Å². The number of carboxylic acid groups (broad SMARTS) is 1. The number of hydrogen-bond donors (Lipinski definition) is 5. The summed E-state index contributed by atoms with van der Waals surface area (Å²) in [7, 11) is 0. The number of carboxylic acids is 1. The number of aromatic carboxylic acids is 1. The Morgan fingerprint density at radius 3 is 2.80 bits per heavy atom. The van der Waals surface area contributed by atoms with Crippen LogP contribution in [-0.4, -0.2) is 42.7 Å². The molecular formula is C10H13N7O3. The lowest BCUT2D eigenvalue weighted by Gasteiger charge is -2.10. The van der Waals surface area contributed by atoms with Gasteiger partial charge in [-0.2, -0.15) is 5.21 Å². The third-order valence-electron chi connectivity index (χ3n) is 2.51. The molecule has 0 aliphatic carbocycles. The molecule has 10 heteroatoms. The normalized spacial score (nSPS) is 11.9. The molecule has 1 unspecified atom stereocenters. The van der Waals surface area contributed by atoms with E-state index in [0.717, 1.165) is 0 Å². The molecule has 20 heavy (non-hydrogen) atoms. The molecule has 1 atom stereocenters. The largest absolute Gasteiger partial charge is 0.477 e. The highest BCUT2D eigenvalue weighted by molar-refractivity contribution is 5.99. The number of tetrazole rings is 1. The maximum atomic E-state index is 11.8. The zero-order valence-electron chi connectivity index (χ0n) is 10.8. The van der Waals surface area contributed by atoms with E-state index < -0.39 is 18.0 Å². The first-order valence-corrected chi connectivity index (χ1v) is 5.71. The number of carbonyl (C=O) groups excluding carboxylic acids is 1. The number of urea groups is 1. The lowest BCUT2D eigenvalue weighted by Crippen LogP contribution is -2.32. The summed E-state index contributed by atoms with van der Waals surface area (Å²) in [5.41, 5.74) is 0.738. The number of anilines is 1. The summed E-state index contributed by atoms with van der Waals surface area (Å²) < 4.78 is 0. The van der Waals surface area contributed by atoms with E-state index in [1.165, 1.54) is 6.07 Å². The minimum Gasteiger partial charge on any atom is -0.477 e. The third kappa shape index (κ3) is 2.91. The summed E-state index contributed by atoms with van der Waals surface area (Å²) in [6.45, 7) is 3.36. The van der Waals surface area contributed by atoms with Crippen LogP contribution in [0, 0.1) is 6.92 Å². The second-order valence-corrected chi connectivity index (χ2v) is 4.14. The maximum absolute atomic E-state index is 11.8. The van der Waals surface area contributed by atoms with Gasteiger partial charge in [0, 0.05) is 5.69 Å². The highest BCUT2D eigenvalue weighted by atomic mass is 16.4. The first-order valence-electron chi connectivity index (χ1n) is 5.71. The molecule has 0 aromatic carbocycles. The summed E-state index contributed by atoms with van der Waals surface area (Å²) >= 11 is 0. The van der Waals surface area contributed by atoms with Gasteiger partial charge in [0.05, 0.1) is 11.7 Å². The number of nitrogens with one attached hydrogen (secondary N) is 4. The van der Waals surface area contributed by atoms with Crippen LogP contribution in [0.25, 0.3) is 0 Å². The number of carbonyl (C=O) groups is 2. The molecule has 106 valence electrons. The van der Waals surface area contributed by atoms with Crippen LogP contribution in [0.3, 0.4) is 0 Å². The number of rotatable bonds is 4. The lowest BCUT2D eigenvalue weighted by molar-refractivity contribution is 0.0692. The van der Waals surface area contributed by atoms with E-state index in [1.54, 1.807) is 13.8 Å². The molecule has 2 aromatic heterocycles. The zero-order chi connectivity index (χ0) is 14.7. The van der Waals surface area contributed by atoms with Crippen molar-refractivity contribution in [1.82, 2.24) is 30.9 Å². The van der Waals surface area contributed by atoms with E-state index in [2.05, 4.69) is 36.2 Å². The highest BCUT2D eigenvalue weighted by Crippen LogP contribution is 2.17. The molecule has 2 heterocycles. The van der Waals surface area contributed by atoms with Crippen LogP contribution >= 0.6 is 0 Å². The molecule has 2 aromatic rings.